The zero-order chi connectivity index (χ0) is 14.8. The molecule has 0 aromatic rings. The average Bonchev–Trinajstić information content (AvgIpc) is 2.75. The van der Waals surface area contributed by atoms with Crippen LogP contribution in [0.25, 0.3) is 0 Å². The predicted octanol–water partition coefficient (Wildman–Crippen LogP) is 4.95. The van der Waals surface area contributed by atoms with Crippen molar-refractivity contribution >= 4 is 0 Å². The number of aliphatic hydroxyl groups excluding tert-OH is 1. The average molecular weight is 288 g/mol. The molecule has 0 radical (unpaired) electrons. The Morgan fingerprint density at radius 3 is 2.52 bits per heavy atom. The molecule has 0 heterocycles. The lowest BCUT2D eigenvalue weighted by molar-refractivity contribution is -0.102. The van der Waals surface area contributed by atoms with Crippen LogP contribution in [0.3, 0.4) is 0 Å². The highest BCUT2D eigenvalue weighted by molar-refractivity contribution is 5.19. The van der Waals surface area contributed by atoms with Gasteiger partial charge in [-0.25, -0.2) is 0 Å². The first-order valence-corrected chi connectivity index (χ1v) is 9.32. The van der Waals surface area contributed by atoms with E-state index in [1.54, 1.807) is 5.57 Å². The topological polar surface area (TPSA) is 20.2 Å². The number of allylic oxidation sites excluding steroid dienone is 1. The van der Waals surface area contributed by atoms with Gasteiger partial charge >= 0.3 is 0 Å². The van der Waals surface area contributed by atoms with Gasteiger partial charge in [0.15, 0.2) is 0 Å². The van der Waals surface area contributed by atoms with Crippen molar-refractivity contribution in [2.24, 2.45) is 34.5 Å². The highest BCUT2D eigenvalue weighted by Gasteiger charge is 2.60. The summed E-state index contributed by atoms with van der Waals surface area (Å²) in [5, 5.41) is 10.5. The molecule has 4 saturated carbocycles. The Balaban J connectivity index is 1.70. The minimum atomic E-state index is -0.0476. The molecule has 0 spiro atoms. The molecule has 4 rings (SSSR count). The zero-order valence-electron chi connectivity index (χ0n) is 13.9. The normalized spacial score (nSPS) is 56.5. The van der Waals surface area contributed by atoms with Gasteiger partial charge in [0.1, 0.15) is 0 Å². The quantitative estimate of drug-likeness (QED) is 0.626. The SMILES string of the molecule is C=C1C[C@@H]2[C@H](CC[C@]3(C)[C@@H](O)CC[C@@H]23)[C@@]2(C)CCCC[C@H]12. The van der Waals surface area contributed by atoms with E-state index in [0.29, 0.717) is 5.41 Å². The van der Waals surface area contributed by atoms with Crippen molar-refractivity contribution in [2.75, 3.05) is 0 Å². The van der Waals surface area contributed by atoms with Gasteiger partial charge in [-0.1, -0.05) is 38.8 Å². The van der Waals surface area contributed by atoms with E-state index in [-0.39, 0.29) is 11.5 Å². The minimum Gasteiger partial charge on any atom is -0.393 e. The van der Waals surface area contributed by atoms with E-state index in [4.69, 9.17) is 0 Å². The molecule has 0 bridgehead atoms. The molecular weight excluding hydrogens is 256 g/mol. The molecule has 21 heavy (non-hydrogen) atoms. The summed E-state index contributed by atoms with van der Waals surface area (Å²) in [7, 11) is 0. The Morgan fingerprint density at radius 1 is 0.952 bits per heavy atom. The third-order valence-electron chi connectivity index (χ3n) is 8.48. The van der Waals surface area contributed by atoms with Gasteiger partial charge in [-0.15, -0.1) is 0 Å². The van der Waals surface area contributed by atoms with E-state index >= 15 is 0 Å². The van der Waals surface area contributed by atoms with E-state index in [1.807, 2.05) is 0 Å². The summed E-state index contributed by atoms with van der Waals surface area (Å²) < 4.78 is 0. The van der Waals surface area contributed by atoms with Gasteiger partial charge in [-0.2, -0.15) is 0 Å². The smallest absolute Gasteiger partial charge is 0.0596 e. The summed E-state index contributed by atoms with van der Waals surface area (Å²) in [5.74, 6) is 3.26. The van der Waals surface area contributed by atoms with Crippen LogP contribution >= 0.6 is 0 Å². The lowest BCUT2D eigenvalue weighted by Gasteiger charge is -2.60. The van der Waals surface area contributed by atoms with Gasteiger partial charge in [-0.05, 0) is 79.4 Å². The summed E-state index contributed by atoms with van der Waals surface area (Å²) in [5.41, 5.74) is 2.29. The third kappa shape index (κ3) is 1.79. The van der Waals surface area contributed by atoms with Crippen LogP contribution in [0.4, 0.5) is 0 Å². The molecule has 4 aliphatic rings. The molecule has 0 aromatic heterocycles. The molecule has 0 unspecified atom stereocenters. The fourth-order valence-corrected chi connectivity index (χ4v) is 7.28. The Bertz CT molecular complexity index is 455. The first-order valence-electron chi connectivity index (χ1n) is 9.32. The van der Waals surface area contributed by atoms with E-state index in [1.165, 1.54) is 51.4 Å². The molecule has 0 aliphatic heterocycles. The molecule has 0 aromatic carbocycles. The molecule has 1 N–H and O–H groups in total. The molecule has 4 aliphatic carbocycles. The number of fused-ring (bicyclic) bond motifs is 5. The van der Waals surface area contributed by atoms with E-state index in [0.717, 1.165) is 30.1 Å². The molecule has 4 fully saturated rings. The lowest BCUT2D eigenvalue weighted by atomic mass is 9.44. The maximum atomic E-state index is 10.5. The predicted molar refractivity (Wildman–Crippen MR) is 86.9 cm³/mol. The van der Waals surface area contributed by atoms with Crippen molar-refractivity contribution in [3.63, 3.8) is 0 Å². The maximum absolute atomic E-state index is 10.5. The number of rotatable bonds is 0. The fraction of sp³-hybridized carbons (Fsp3) is 0.900. The van der Waals surface area contributed by atoms with Crippen LogP contribution in [-0.4, -0.2) is 11.2 Å². The van der Waals surface area contributed by atoms with Crippen LogP contribution in [0.1, 0.15) is 71.6 Å². The summed E-state index contributed by atoms with van der Waals surface area (Å²) >= 11 is 0. The highest BCUT2D eigenvalue weighted by Crippen LogP contribution is 2.66. The summed E-state index contributed by atoms with van der Waals surface area (Å²) in [6.07, 6.45) is 11.8. The van der Waals surface area contributed by atoms with Crippen molar-refractivity contribution in [3.05, 3.63) is 12.2 Å². The second kappa shape index (κ2) is 4.60. The van der Waals surface area contributed by atoms with Gasteiger partial charge in [0.2, 0.25) is 0 Å². The second-order valence-electron chi connectivity index (χ2n) is 9.18. The fourth-order valence-electron chi connectivity index (χ4n) is 7.28. The van der Waals surface area contributed by atoms with E-state index < -0.39 is 0 Å². The van der Waals surface area contributed by atoms with Crippen LogP contribution in [0, 0.1) is 34.5 Å². The van der Waals surface area contributed by atoms with Gasteiger partial charge in [0, 0.05) is 0 Å². The van der Waals surface area contributed by atoms with Gasteiger partial charge in [0.05, 0.1) is 6.10 Å². The number of hydrogen-bond acceptors (Lipinski definition) is 1. The molecule has 0 saturated heterocycles. The van der Waals surface area contributed by atoms with Gasteiger partial charge in [0.25, 0.3) is 0 Å². The van der Waals surface area contributed by atoms with E-state index in [9.17, 15) is 5.11 Å². The molecular formula is C20H32O. The largest absolute Gasteiger partial charge is 0.393 e. The van der Waals surface area contributed by atoms with Crippen molar-refractivity contribution in [2.45, 2.75) is 77.7 Å². The van der Waals surface area contributed by atoms with Crippen LogP contribution < -0.4 is 0 Å². The maximum Gasteiger partial charge on any atom is 0.0596 e. The van der Waals surface area contributed by atoms with Crippen molar-refractivity contribution in [1.29, 1.82) is 0 Å². The second-order valence-corrected chi connectivity index (χ2v) is 9.18. The Hall–Kier alpha value is -0.300. The monoisotopic (exact) mass is 288 g/mol. The van der Waals surface area contributed by atoms with E-state index in [2.05, 4.69) is 20.4 Å². The molecule has 7 atom stereocenters. The zero-order valence-corrected chi connectivity index (χ0v) is 13.9. The third-order valence-corrected chi connectivity index (χ3v) is 8.48. The van der Waals surface area contributed by atoms with Crippen LogP contribution in [0.2, 0.25) is 0 Å². The summed E-state index contributed by atoms with van der Waals surface area (Å²) in [4.78, 5) is 0. The lowest BCUT2D eigenvalue weighted by Crippen LogP contribution is -2.53. The Labute approximate surface area is 130 Å². The Morgan fingerprint density at radius 2 is 1.71 bits per heavy atom. The highest BCUT2D eigenvalue weighted by atomic mass is 16.3. The molecule has 1 nitrogen and oxygen atoms in total. The molecule has 118 valence electrons. The van der Waals surface area contributed by atoms with Crippen molar-refractivity contribution in [1.82, 2.24) is 0 Å². The van der Waals surface area contributed by atoms with Crippen LogP contribution in [-0.2, 0) is 0 Å². The number of hydrogen-bond donors (Lipinski definition) is 1. The standard InChI is InChI=1S/C20H32O/c1-13-12-14-16-7-8-18(21)20(16,3)11-9-17(14)19(2)10-5-4-6-15(13)19/h14-18,21H,1,4-12H2,2-3H3/t14-,15+,16-,17-,18-,19-,20-/m0/s1. The van der Waals surface area contributed by atoms with Crippen molar-refractivity contribution in [3.8, 4) is 0 Å². The number of aliphatic hydroxyl groups is 1. The summed E-state index contributed by atoms with van der Waals surface area (Å²) in [6.45, 7) is 9.50. The first-order chi connectivity index (χ1) is 9.97. The van der Waals surface area contributed by atoms with Gasteiger partial charge < -0.3 is 5.11 Å². The van der Waals surface area contributed by atoms with Crippen molar-refractivity contribution < 1.29 is 5.11 Å². The molecule has 0 amide bonds. The molecule has 1 heteroatoms. The first kappa shape index (κ1) is 14.3. The summed E-state index contributed by atoms with van der Waals surface area (Å²) in [6, 6.07) is 0. The Kier molecular flexibility index (Phi) is 3.13. The van der Waals surface area contributed by atoms with Crippen LogP contribution in [0.5, 0.6) is 0 Å². The van der Waals surface area contributed by atoms with Crippen LogP contribution in [0.15, 0.2) is 12.2 Å². The van der Waals surface area contributed by atoms with Gasteiger partial charge in [-0.3, -0.25) is 0 Å². The minimum absolute atomic E-state index is 0.0476.